The predicted octanol–water partition coefficient (Wildman–Crippen LogP) is 2.33. The van der Waals surface area contributed by atoms with E-state index in [0.717, 1.165) is 23.8 Å². The van der Waals surface area contributed by atoms with Gasteiger partial charge in [-0.2, -0.15) is 0 Å². The molecule has 19 heavy (non-hydrogen) atoms. The van der Waals surface area contributed by atoms with Crippen molar-refractivity contribution in [3.63, 3.8) is 0 Å². The van der Waals surface area contributed by atoms with Gasteiger partial charge in [-0.25, -0.2) is 4.98 Å². The lowest BCUT2D eigenvalue weighted by Crippen LogP contribution is -2.49. The summed E-state index contributed by atoms with van der Waals surface area (Å²) in [5, 5.41) is 9.23. The van der Waals surface area contributed by atoms with Crippen LogP contribution in [0.5, 0.6) is 0 Å². The summed E-state index contributed by atoms with van der Waals surface area (Å²) in [5.74, 6) is 0.705. The molecule has 110 valence electrons. The van der Waals surface area contributed by atoms with Crippen LogP contribution in [0, 0.1) is 18.8 Å². The third kappa shape index (κ3) is 4.60. The summed E-state index contributed by atoms with van der Waals surface area (Å²) in [4.78, 5) is 16.4. The zero-order valence-electron chi connectivity index (χ0n) is 11.3. The first-order valence-electron chi connectivity index (χ1n) is 6.01. The molecular weight excluding hydrogens is 305 g/mol. The van der Waals surface area contributed by atoms with E-state index in [4.69, 9.17) is 0 Å². The minimum atomic E-state index is 0. The molecular formula is C12H21Cl2N3OS. The first-order chi connectivity index (χ1) is 8.08. The number of aromatic nitrogens is 1. The average molecular weight is 326 g/mol. The van der Waals surface area contributed by atoms with Crippen LogP contribution in [0.4, 0.5) is 0 Å². The monoisotopic (exact) mass is 325 g/mol. The number of rotatable bonds is 4. The van der Waals surface area contributed by atoms with E-state index in [2.05, 4.69) is 15.6 Å². The lowest BCUT2D eigenvalue weighted by molar-refractivity contribution is -0.127. The Hall–Kier alpha value is -0.360. The Kier molecular flexibility index (Phi) is 7.89. The summed E-state index contributed by atoms with van der Waals surface area (Å²) in [6.45, 7) is 7.87. The summed E-state index contributed by atoms with van der Waals surface area (Å²) in [5.41, 5.74) is 1.02. The van der Waals surface area contributed by atoms with Gasteiger partial charge in [0.05, 0.1) is 6.04 Å². The van der Waals surface area contributed by atoms with Crippen LogP contribution in [0.1, 0.15) is 30.6 Å². The molecule has 1 saturated heterocycles. The molecule has 2 atom stereocenters. The minimum Gasteiger partial charge on any atom is -0.347 e. The number of hydrogen-bond acceptors (Lipinski definition) is 4. The van der Waals surface area contributed by atoms with E-state index in [1.54, 1.807) is 11.3 Å². The molecule has 2 N–H and O–H groups in total. The van der Waals surface area contributed by atoms with Crippen LogP contribution >= 0.6 is 36.2 Å². The molecule has 2 heterocycles. The van der Waals surface area contributed by atoms with Gasteiger partial charge in [0.2, 0.25) is 5.91 Å². The fraction of sp³-hybridized carbons (Fsp3) is 0.667. The highest BCUT2D eigenvalue weighted by Crippen LogP contribution is 2.20. The van der Waals surface area contributed by atoms with E-state index < -0.39 is 0 Å². The van der Waals surface area contributed by atoms with Crippen molar-refractivity contribution in [2.45, 2.75) is 26.8 Å². The third-order valence-corrected chi connectivity index (χ3v) is 4.44. The number of carbonyl (C=O) groups excluding carboxylic acids is 1. The standard InChI is InChI=1S/C12H19N3OS.2ClH/c1-7-6-17-12(14-7)9(3)15-11(16)8(2)10-4-13-5-10;;/h6,8-10,13H,4-5H2,1-3H3,(H,15,16);2*1H. The van der Waals surface area contributed by atoms with Gasteiger partial charge in [0.25, 0.3) is 0 Å². The van der Waals surface area contributed by atoms with Gasteiger partial charge >= 0.3 is 0 Å². The smallest absolute Gasteiger partial charge is 0.223 e. The largest absolute Gasteiger partial charge is 0.347 e. The molecule has 2 rings (SSSR count). The predicted molar refractivity (Wildman–Crippen MR) is 83.4 cm³/mol. The van der Waals surface area contributed by atoms with Crippen LogP contribution < -0.4 is 10.6 Å². The third-order valence-electron chi connectivity index (χ3n) is 3.30. The number of hydrogen-bond donors (Lipinski definition) is 2. The summed E-state index contributed by atoms with van der Waals surface area (Å²) in [6, 6.07) is 0.0108. The van der Waals surface area contributed by atoms with Crippen molar-refractivity contribution < 1.29 is 4.79 Å². The normalized spacial score (nSPS) is 17.4. The topological polar surface area (TPSA) is 54.0 Å². The lowest BCUT2D eigenvalue weighted by atomic mass is 9.88. The second-order valence-corrected chi connectivity index (χ2v) is 5.65. The Bertz CT molecular complexity index is 409. The molecule has 1 aliphatic rings. The van der Waals surface area contributed by atoms with Crippen molar-refractivity contribution in [2.75, 3.05) is 13.1 Å². The molecule has 4 nitrogen and oxygen atoms in total. The van der Waals surface area contributed by atoms with Gasteiger partial charge in [-0.3, -0.25) is 4.79 Å². The molecule has 0 saturated carbocycles. The van der Waals surface area contributed by atoms with Gasteiger partial charge in [-0.05, 0) is 32.9 Å². The lowest BCUT2D eigenvalue weighted by Gasteiger charge is -2.32. The summed E-state index contributed by atoms with van der Waals surface area (Å²) < 4.78 is 0. The van der Waals surface area contributed by atoms with Gasteiger partial charge in [-0.15, -0.1) is 36.2 Å². The van der Waals surface area contributed by atoms with E-state index >= 15 is 0 Å². The highest BCUT2D eigenvalue weighted by atomic mass is 35.5. The molecule has 1 fully saturated rings. The van der Waals surface area contributed by atoms with E-state index in [1.165, 1.54) is 0 Å². The number of amides is 1. The van der Waals surface area contributed by atoms with Gasteiger partial charge in [0.1, 0.15) is 5.01 Å². The number of aryl methyl sites for hydroxylation is 1. The van der Waals surface area contributed by atoms with Crippen molar-refractivity contribution in [2.24, 2.45) is 11.8 Å². The molecule has 1 aromatic rings. The summed E-state index contributed by atoms with van der Waals surface area (Å²) in [7, 11) is 0. The number of thiazole rings is 1. The zero-order valence-corrected chi connectivity index (χ0v) is 13.8. The molecule has 0 aliphatic carbocycles. The molecule has 1 aliphatic heterocycles. The number of nitrogens with zero attached hydrogens (tertiary/aromatic N) is 1. The van der Waals surface area contributed by atoms with Gasteiger partial charge in [0, 0.05) is 17.0 Å². The molecule has 0 spiro atoms. The molecule has 1 amide bonds. The highest BCUT2D eigenvalue weighted by molar-refractivity contribution is 7.09. The number of halogens is 2. The van der Waals surface area contributed by atoms with E-state index in [9.17, 15) is 4.79 Å². The Balaban J connectivity index is 0.00000162. The Morgan fingerprint density at radius 3 is 2.53 bits per heavy atom. The molecule has 0 bridgehead atoms. The van der Waals surface area contributed by atoms with Crippen molar-refractivity contribution in [1.29, 1.82) is 0 Å². The van der Waals surface area contributed by atoms with Crippen molar-refractivity contribution in [3.05, 3.63) is 16.1 Å². The Morgan fingerprint density at radius 1 is 1.47 bits per heavy atom. The summed E-state index contributed by atoms with van der Waals surface area (Å²) >= 11 is 1.60. The molecule has 0 aromatic carbocycles. The van der Waals surface area contributed by atoms with E-state index in [-0.39, 0.29) is 42.7 Å². The number of nitrogens with one attached hydrogen (secondary N) is 2. The SMILES string of the molecule is Cc1csc(C(C)NC(=O)C(C)C2CNC2)n1.Cl.Cl. The maximum atomic E-state index is 12.0. The van der Waals surface area contributed by atoms with Crippen molar-refractivity contribution in [1.82, 2.24) is 15.6 Å². The highest BCUT2D eigenvalue weighted by Gasteiger charge is 2.29. The van der Waals surface area contributed by atoms with Crippen LogP contribution in [0.25, 0.3) is 0 Å². The average Bonchev–Trinajstić information content (AvgIpc) is 2.62. The fourth-order valence-electron chi connectivity index (χ4n) is 1.86. The maximum absolute atomic E-state index is 12.0. The van der Waals surface area contributed by atoms with Crippen LogP contribution in [-0.4, -0.2) is 24.0 Å². The molecule has 0 radical (unpaired) electrons. The molecule has 1 aromatic heterocycles. The second-order valence-electron chi connectivity index (χ2n) is 4.76. The van der Waals surface area contributed by atoms with Crippen molar-refractivity contribution in [3.8, 4) is 0 Å². The van der Waals surface area contributed by atoms with Crippen LogP contribution in [0.2, 0.25) is 0 Å². The van der Waals surface area contributed by atoms with Crippen LogP contribution in [-0.2, 0) is 4.79 Å². The van der Waals surface area contributed by atoms with Gasteiger partial charge < -0.3 is 10.6 Å². The Labute approximate surface area is 130 Å². The maximum Gasteiger partial charge on any atom is 0.223 e. The van der Waals surface area contributed by atoms with Crippen molar-refractivity contribution >= 4 is 42.1 Å². The van der Waals surface area contributed by atoms with Crippen LogP contribution in [0.3, 0.4) is 0 Å². The van der Waals surface area contributed by atoms with E-state index in [1.807, 2.05) is 26.2 Å². The minimum absolute atomic E-state index is 0. The quantitative estimate of drug-likeness (QED) is 0.893. The van der Waals surface area contributed by atoms with Gasteiger partial charge in [-0.1, -0.05) is 6.92 Å². The Morgan fingerprint density at radius 2 is 2.11 bits per heavy atom. The van der Waals surface area contributed by atoms with Crippen LogP contribution in [0.15, 0.2) is 5.38 Å². The van der Waals surface area contributed by atoms with E-state index in [0.29, 0.717) is 5.92 Å². The first kappa shape index (κ1) is 18.6. The fourth-order valence-corrected chi connectivity index (χ4v) is 2.66. The second kappa shape index (κ2) is 8.04. The zero-order chi connectivity index (χ0) is 12.4. The summed E-state index contributed by atoms with van der Waals surface area (Å²) in [6.07, 6.45) is 0. The van der Waals surface area contributed by atoms with Gasteiger partial charge in [0.15, 0.2) is 0 Å². The molecule has 2 unspecified atom stereocenters. The molecule has 7 heteroatoms. The number of carbonyl (C=O) groups is 1. The first-order valence-corrected chi connectivity index (χ1v) is 6.89.